The molecular weight excluding hydrogens is 168 g/mol. The van der Waals surface area contributed by atoms with Gasteiger partial charge in [0.2, 0.25) is 0 Å². The van der Waals surface area contributed by atoms with E-state index in [1.807, 2.05) is 6.92 Å². The van der Waals surface area contributed by atoms with Gasteiger partial charge in [0.15, 0.2) is 5.78 Å². The first-order valence-corrected chi connectivity index (χ1v) is 4.87. The standard InChI is InChI=1S/C10H16O3/c1-10(12-2)6-8(11)9-7(10)4-3-5-13-9/h7,9H,3-6H2,1-2H3. The smallest absolute Gasteiger partial charge is 0.164 e. The zero-order valence-corrected chi connectivity index (χ0v) is 8.21. The van der Waals surface area contributed by atoms with Crippen molar-refractivity contribution in [2.75, 3.05) is 13.7 Å². The summed E-state index contributed by atoms with van der Waals surface area (Å²) in [6, 6.07) is 0. The van der Waals surface area contributed by atoms with Crippen LogP contribution in [0.4, 0.5) is 0 Å². The van der Waals surface area contributed by atoms with Crippen LogP contribution in [-0.4, -0.2) is 31.2 Å². The molecular formula is C10H16O3. The van der Waals surface area contributed by atoms with Crippen LogP contribution in [0, 0.1) is 5.92 Å². The van der Waals surface area contributed by atoms with Gasteiger partial charge in [-0.25, -0.2) is 0 Å². The maximum atomic E-state index is 11.6. The van der Waals surface area contributed by atoms with Gasteiger partial charge in [-0.05, 0) is 19.8 Å². The average molecular weight is 184 g/mol. The van der Waals surface area contributed by atoms with E-state index in [0.717, 1.165) is 19.4 Å². The second-order valence-electron chi connectivity index (χ2n) is 4.20. The van der Waals surface area contributed by atoms with E-state index in [4.69, 9.17) is 9.47 Å². The topological polar surface area (TPSA) is 35.5 Å². The van der Waals surface area contributed by atoms with Gasteiger partial charge in [0.05, 0.1) is 5.60 Å². The van der Waals surface area contributed by atoms with Crippen LogP contribution in [0.25, 0.3) is 0 Å². The molecule has 3 nitrogen and oxygen atoms in total. The van der Waals surface area contributed by atoms with Crippen LogP contribution in [0.2, 0.25) is 0 Å². The molecule has 2 fully saturated rings. The van der Waals surface area contributed by atoms with Crippen LogP contribution in [-0.2, 0) is 14.3 Å². The van der Waals surface area contributed by atoms with Crippen molar-refractivity contribution >= 4 is 5.78 Å². The van der Waals surface area contributed by atoms with Crippen LogP contribution < -0.4 is 0 Å². The Bertz CT molecular complexity index is 226. The SMILES string of the molecule is COC1(C)CC(=O)C2OCCCC21. The molecule has 0 aromatic heterocycles. The van der Waals surface area contributed by atoms with Gasteiger partial charge in [-0.15, -0.1) is 0 Å². The molecule has 13 heavy (non-hydrogen) atoms. The number of hydrogen-bond donors (Lipinski definition) is 0. The second-order valence-corrected chi connectivity index (χ2v) is 4.20. The summed E-state index contributed by atoms with van der Waals surface area (Å²) in [4.78, 5) is 11.6. The Morgan fingerprint density at radius 3 is 3.08 bits per heavy atom. The van der Waals surface area contributed by atoms with Crippen molar-refractivity contribution in [1.29, 1.82) is 0 Å². The summed E-state index contributed by atoms with van der Waals surface area (Å²) in [7, 11) is 1.68. The van der Waals surface area contributed by atoms with E-state index >= 15 is 0 Å². The molecule has 1 aliphatic heterocycles. The van der Waals surface area contributed by atoms with Gasteiger partial charge >= 0.3 is 0 Å². The minimum absolute atomic E-state index is 0.182. The molecule has 74 valence electrons. The molecule has 0 radical (unpaired) electrons. The number of methoxy groups -OCH3 is 1. The van der Waals surface area contributed by atoms with E-state index < -0.39 is 0 Å². The van der Waals surface area contributed by atoms with Gasteiger partial charge in [0.25, 0.3) is 0 Å². The highest BCUT2D eigenvalue weighted by Crippen LogP contribution is 2.42. The average Bonchev–Trinajstić information content (AvgIpc) is 2.42. The highest BCUT2D eigenvalue weighted by atomic mass is 16.5. The van der Waals surface area contributed by atoms with E-state index in [1.165, 1.54) is 0 Å². The molecule has 0 spiro atoms. The minimum atomic E-state index is -0.276. The molecule has 0 aromatic rings. The molecule has 3 heteroatoms. The van der Waals surface area contributed by atoms with E-state index in [9.17, 15) is 4.79 Å². The number of rotatable bonds is 1. The third-order valence-corrected chi connectivity index (χ3v) is 3.42. The third kappa shape index (κ3) is 1.30. The summed E-state index contributed by atoms with van der Waals surface area (Å²) in [5.41, 5.74) is -0.276. The van der Waals surface area contributed by atoms with Crippen molar-refractivity contribution in [3.63, 3.8) is 0 Å². The van der Waals surface area contributed by atoms with Crippen molar-refractivity contribution in [2.45, 2.75) is 37.9 Å². The number of hydrogen-bond acceptors (Lipinski definition) is 3. The molecule has 2 aliphatic rings. The Hall–Kier alpha value is -0.410. The molecule has 2 rings (SSSR count). The van der Waals surface area contributed by atoms with Crippen LogP contribution in [0.3, 0.4) is 0 Å². The Morgan fingerprint density at radius 2 is 2.38 bits per heavy atom. The molecule has 0 amide bonds. The van der Waals surface area contributed by atoms with Crippen molar-refractivity contribution in [3.8, 4) is 0 Å². The first-order chi connectivity index (χ1) is 6.17. The molecule has 1 aliphatic carbocycles. The molecule has 0 bridgehead atoms. The molecule has 1 saturated heterocycles. The van der Waals surface area contributed by atoms with Crippen molar-refractivity contribution in [2.24, 2.45) is 5.92 Å². The number of ketones is 1. The van der Waals surface area contributed by atoms with Crippen LogP contribution in [0.5, 0.6) is 0 Å². The Labute approximate surface area is 78.4 Å². The van der Waals surface area contributed by atoms with E-state index in [-0.39, 0.29) is 23.4 Å². The van der Waals surface area contributed by atoms with E-state index in [1.54, 1.807) is 7.11 Å². The maximum Gasteiger partial charge on any atom is 0.164 e. The number of fused-ring (bicyclic) bond motifs is 1. The zero-order chi connectivity index (χ0) is 9.47. The van der Waals surface area contributed by atoms with Crippen molar-refractivity contribution in [1.82, 2.24) is 0 Å². The fraction of sp³-hybridized carbons (Fsp3) is 0.900. The molecule has 0 aromatic carbocycles. The maximum absolute atomic E-state index is 11.6. The van der Waals surface area contributed by atoms with Gasteiger partial charge in [0, 0.05) is 26.1 Å². The zero-order valence-electron chi connectivity index (χ0n) is 8.21. The van der Waals surface area contributed by atoms with Gasteiger partial charge in [-0.3, -0.25) is 4.79 Å². The van der Waals surface area contributed by atoms with Gasteiger partial charge in [-0.1, -0.05) is 0 Å². The first-order valence-electron chi connectivity index (χ1n) is 4.87. The fourth-order valence-electron chi connectivity index (χ4n) is 2.53. The first kappa shape index (κ1) is 9.16. The number of carbonyl (C=O) groups is 1. The van der Waals surface area contributed by atoms with Gasteiger partial charge in [0.1, 0.15) is 6.10 Å². The normalized spacial score (nSPS) is 44.9. The number of ether oxygens (including phenoxy) is 2. The summed E-state index contributed by atoms with van der Waals surface area (Å²) < 4.78 is 10.9. The quantitative estimate of drug-likeness (QED) is 0.613. The lowest BCUT2D eigenvalue weighted by Crippen LogP contribution is -2.39. The third-order valence-electron chi connectivity index (χ3n) is 3.42. The predicted octanol–water partition coefficient (Wildman–Crippen LogP) is 1.16. The monoisotopic (exact) mass is 184 g/mol. The highest BCUT2D eigenvalue weighted by molar-refractivity contribution is 5.87. The number of Topliss-reactive ketones (excluding diaryl/α,β-unsaturated/α-hetero) is 1. The Morgan fingerprint density at radius 1 is 1.62 bits per heavy atom. The van der Waals surface area contributed by atoms with Crippen molar-refractivity contribution < 1.29 is 14.3 Å². The summed E-state index contributed by atoms with van der Waals surface area (Å²) in [5.74, 6) is 0.493. The van der Waals surface area contributed by atoms with Gasteiger partial charge < -0.3 is 9.47 Å². The van der Waals surface area contributed by atoms with Crippen molar-refractivity contribution in [3.05, 3.63) is 0 Å². The largest absolute Gasteiger partial charge is 0.378 e. The number of carbonyl (C=O) groups excluding carboxylic acids is 1. The van der Waals surface area contributed by atoms with Crippen LogP contribution in [0.15, 0.2) is 0 Å². The lowest BCUT2D eigenvalue weighted by Gasteiger charge is -2.34. The summed E-state index contributed by atoms with van der Waals surface area (Å²) in [6.07, 6.45) is 2.44. The van der Waals surface area contributed by atoms with Crippen LogP contribution >= 0.6 is 0 Å². The highest BCUT2D eigenvalue weighted by Gasteiger charge is 2.52. The second kappa shape index (κ2) is 3.07. The summed E-state index contributed by atoms with van der Waals surface area (Å²) in [6.45, 7) is 2.75. The van der Waals surface area contributed by atoms with E-state index in [0.29, 0.717) is 6.42 Å². The Kier molecular flexibility index (Phi) is 2.16. The van der Waals surface area contributed by atoms with Crippen LogP contribution in [0.1, 0.15) is 26.2 Å². The minimum Gasteiger partial charge on any atom is -0.378 e. The predicted molar refractivity (Wildman–Crippen MR) is 47.5 cm³/mol. The lowest BCUT2D eigenvalue weighted by atomic mass is 9.86. The molecule has 1 saturated carbocycles. The van der Waals surface area contributed by atoms with E-state index in [2.05, 4.69) is 0 Å². The molecule has 1 heterocycles. The molecule has 3 atom stereocenters. The lowest BCUT2D eigenvalue weighted by molar-refractivity contribution is -0.132. The van der Waals surface area contributed by atoms with Gasteiger partial charge in [-0.2, -0.15) is 0 Å². The molecule has 0 N–H and O–H groups in total. The fourth-order valence-corrected chi connectivity index (χ4v) is 2.53. The Balaban J connectivity index is 2.22. The molecule has 3 unspecified atom stereocenters. The summed E-state index contributed by atoms with van der Waals surface area (Å²) >= 11 is 0. The summed E-state index contributed by atoms with van der Waals surface area (Å²) in [5, 5.41) is 0.